The second kappa shape index (κ2) is 7.75. The summed E-state index contributed by atoms with van der Waals surface area (Å²) >= 11 is 11.7. The third-order valence-corrected chi connectivity index (χ3v) is 3.33. The van der Waals surface area contributed by atoms with Gasteiger partial charge in [0.15, 0.2) is 0 Å². The fourth-order valence-corrected chi connectivity index (χ4v) is 2.18. The Labute approximate surface area is 141 Å². The fourth-order valence-electron chi connectivity index (χ4n) is 1.68. The van der Waals surface area contributed by atoms with E-state index in [1.807, 2.05) is 0 Å². The SMILES string of the molecule is O=C(NCCNC(=O)c1ccc(Cl)cc1Cl)c1ccc(=O)[nH]n1. The quantitative estimate of drug-likeness (QED) is 0.702. The molecule has 2 amide bonds. The summed E-state index contributed by atoms with van der Waals surface area (Å²) in [6.45, 7) is 0.392. The molecule has 0 saturated carbocycles. The summed E-state index contributed by atoms with van der Waals surface area (Å²) in [6, 6.07) is 7.06. The number of nitrogens with zero attached hydrogens (tertiary/aromatic N) is 1. The number of hydrogen-bond donors (Lipinski definition) is 3. The van der Waals surface area contributed by atoms with Gasteiger partial charge < -0.3 is 10.6 Å². The van der Waals surface area contributed by atoms with Crippen molar-refractivity contribution in [1.29, 1.82) is 0 Å². The van der Waals surface area contributed by atoms with Gasteiger partial charge in [-0.25, -0.2) is 5.10 Å². The van der Waals surface area contributed by atoms with Gasteiger partial charge in [-0.3, -0.25) is 14.4 Å². The van der Waals surface area contributed by atoms with Gasteiger partial charge in [-0.05, 0) is 24.3 Å². The van der Waals surface area contributed by atoms with Crippen LogP contribution in [0.2, 0.25) is 10.0 Å². The van der Waals surface area contributed by atoms with Crippen LogP contribution in [0.5, 0.6) is 0 Å². The van der Waals surface area contributed by atoms with E-state index in [0.717, 1.165) is 0 Å². The van der Waals surface area contributed by atoms with Crippen LogP contribution < -0.4 is 16.2 Å². The lowest BCUT2D eigenvalue weighted by Gasteiger charge is -2.08. The van der Waals surface area contributed by atoms with Gasteiger partial charge in [0, 0.05) is 24.2 Å². The predicted molar refractivity (Wildman–Crippen MR) is 86.0 cm³/mol. The Morgan fingerprint density at radius 1 is 1.04 bits per heavy atom. The fraction of sp³-hybridized carbons (Fsp3) is 0.143. The lowest BCUT2D eigenvalue weighted by atomic mass is 10.2. The summed E-state index contributed by atoms with van der Waals surface area (Å²) in [4.78, 5) is 34.5. The van der Waals surface area contributed by atoms with Crippen LogP contribution >= 0.6 is 23.2 Å². The van der Waals surface area contributed by atoms with Crippen molar-refractivity contribution in [2.75, 3.05) is 13.1 Å². The zero-order valence-electron chi connectivity index (χ0n) is 11.7. The number of carbonyl (C=O) groups is 2. The molecule has 120 valence electrons. The van der Waals surface area contributed by atoms with Crippen molar-refractivity contribution in [2.24, 2.45) is 0 Å². The molecule has 1 heterocycles. The second-order valence-electron chi connectivity index (χ2n) is 4.44. The van der Waals surface area contributed by atoms with Gasteiger partial charge in [0.05, 0.1) is 10.6 Å². The molecule has 0 unspecified atom stereocenters. The topological polar surface area (TPSA) is 104 Å². The molecule has 0 bridgehead atoms. The number of rotatable bonds is 5. The molecule has 0 aliphatic carbocycles. The zero-order valence-corrected chi connectivity index (χ0v) is 13.2. The summed E-state index contributed by atoms with van der Waals surface area (Å²) in [6.07, 6.45) is 0. The minimum atomic E-state index is -0.458. The average molecular weight is 355 g/mol. The van der Waals surface area contributed by atoms with Crippen LogP contribution in [0.4, 0.5) is 0 Å². The molecule has 0 aliphatic rings. The Morgan fingerprint density at radius 3 is 2.35 bits per heavy atom. The van der Waals surface area contributed by atoms with Crippen molar-refractivity contribution in [1.82, 2.24) is 20.8 Å². The van der Waals surface area contributed by atoms with Gasteiger partial charge >= 0.3 is 0 Å². The normalized spacial score (nSPS) is 10.2. The standard InChI is InChI=1S/C14H12Cl2N4O3/c15-8-1-2-9(10(16)7-8)13(22)17-5-6-18-14(23)11-3-4-12(21)20-19-11/h1-4,7H,5-6H2,(H,17,22)(H,18,23)(H,20,21). The monoisotopic (exact) mass is 354 g/mol. The van der Waals surface area contributed by atoms with E-state index in [2.05, 4.69) is 20.8 Å². The molecule has 0 radical (unpaired) electrons. The molecule has 3 N–H and O–H groups in total. The number of H-pyrrole nitrogens is 1. The Morgan fingerprint density at radius 2 is 1.74 bits per heavy atom. The minimum absolute atomic E-state index is 0.0803. The maximum atomic E-state index is 11.9. The van der Waals surface area contributed by atoms with E-state index in [0.29, 0.717) is 10.6 Å². The van der Waals surface area contributed by atoms with Crippen LogP contribution in [0.15, 0.2) is 35.1 Å². The van der Waals surface area contributed by atoms with Gasteiger partial charge in [0.2, 0.25) is 0 Å². The molecule has 7 nitrogen and oxygen atoms in total. The average Bonchev–Trinajstić information content (AvgIpc) is 2.51. The predicted octanol–water partition coefficient (Wildman–Crippen LogP) is 1.24. The van der Waals surface area contributed by atoms with Crippen LogP contribution in [-0.4, -0.2) is 35.1 Å². The van der Waals surface area contributed by atoms with E-state index in [9.17, 15) is 14.4 Å². The largest absolute Gasteiger partial charge is 0.350 e. The van der Waals surface area contributed by atoms with Crippen molar-refractivity contribution in [3.05, 3.63) is 62.0 Å². The van der Waals surface area contributed by atoms with Crippen LogP contribution in [0.1, 0.15) is 20.8 Å². The Bertz CT molecular complexity index is 771. The molecule has 0 atom stereocenters. The van der Waals surface area contributed by atoms with E-state index in [1.54, 1.807) is 6.07 Å². The Kier molecular flexibility index (Phi) is 5.72. The van der Waals surface area contributed by atoms with E-state index < -0.39 is 11.5 Å². The number of aromatic nitrogens is 2. The number of benzene rings is 1. The Hall–Kier alpha value is -2.38. The highest BCUT2D eigenvalue weighted by molar-refractivity contribution is 6.36. The highest BCUT2D eigenvalue weighted by Gasteiger charge is 2.11. The molecule has 0 spiro atoms. The number of amides is 2. The lowest BCUT2D eigenvalue weighted by Crippen LogP contribution is -2.35. The van der Waals surface area contributed by atoms with Gasteiger partial charge in [-0.15, -0.1) is 0 Å². The second-order valence-corrected chi connectivity index (χ2v) is 5.29. The van der Waals surface area contributed by atoms with E-state index in [-0.39, 0.29) is 29.7 Å². The number of nitrogens with one attached hydrogen (secondary N) is 3. The van der Waals surface area contributed by atoms with E-state index in [1.165, 1.54) is 24.3 Å². The molecular weight excluding hydrogens is 343 g/mol. The first-order valence-electron chi connectivity index (χ1n) is 6.54. The molecule has 9 heteroatoms. The number of halogens is 2. The molecule has 2 rings (SSSR count). The number of carbonyl (C=O) groups excluding carboxylic acids is 2. The third kappa shape index (κ3) is 4.80. The summed E-state index contributed by atoms with van der Waals surface area (Å²) in [5, 5.41) is 11.6. The van der Waals surface area contributed by atoms with Crippen molar-refractivity contribution >= 4 is 35.0 Å². The molecule has 0 fully saturated rings. The van der Waals surface area contributed by atoms with Gasteiger partial charge in [0.1, 0.15) is 5.69 Å². The molecule has 2 aromatic rings. The molecule has 23 heavy (non-hydrogen) atoms. The maximum absolute atomic E-state index is 11.9. The van der Waals surface area contributed by atoms with Crippen molar-refractivity contribution in [3.63, 3.8) is 0 Å². The highest BCUT2D eigenvalue weighted by atomic mass is 35.5. The molecule has 0 aliphatic heterocycles. The van der Waals surface area contributed by atoms with Crippen molar-refractivity contribution in [2.45, 2.75) is 0 Å². The van der Waals surface area contributed by atoms with E-state index >= 15 is 0 Å². The molecule has 1 aromatic heterocycles. The van der Waals surface area contributed by atoms with Gasteiger partial charge in [-0.2, -0.15) is 5.10 Å². The van der Waals surface area contributed by atoms with Crippen LogP contribution in [0, 0.1) is 0 Å². The minimum Gasteiger partial charge on any atom is -0.350 e. The maximum Gasteiger partial charge on any atom is 0.271 e. The third-order valence-electron chi connectivity index (χ3n) is 2.78. The first-order valence-corrected chi connectivity index (χ1v) is 7.30. The zero-order chi connectivity index (χ0) is 16.8. The smallest absolute Gasteiger partial charge is 0.271 e. The van der Waals surface area contributed by atoms with Crippen LogP contribution in [0.25, 0.3) is 0 Å². The summed E-state index contributed by atoms with van der Waals surface area (Å²) in [7, 11) is 0. The highest BCUT2D eigenvalue weighted by Crippen LogP contribution is 2.20. The van der Waals surface area contributed by atoms with Crippen LogP contribution in [-0.2, 0) is 0 Å². The molecule has 1 aromatic carbocycles. The number of hydrogen-bond acceptors (Lipinski definition) is 4. The first-order chi connectivity index (χ1) is 11.0. The lowest BCUT2D eigenvalue weighted by molar-refractivity contribution is 0.0924. The summed E-state index contributed by atoms with van der Waals surface area (Å²) < 4.78 is 0. The van der Waals surface area contributed by atoms with Crippen molar-refractivity contribution in [3.8, 4) is 0 Å². The first kappa shape index (κ1) is 17.0. The van der Waals surface area contributed by atoms with Gasteiger partial charge in [-0.1, -0.05) is 23.2 Å². The van der Waals surface area contributed by atoms with Gasteiger partial charge in [0.25, 0.3) is 17.4 Å². The Balaban J connectivity index is 1.80. The van der Waals surface area contributed by atoms with Crippen LogP contribution in [0.3, 0.4) is 0 Å². The summed E-state index contributed by atoms with van der Waals surface area (Å²) in [5.41, 5.74) is -0.0185. The molecule has 0 saturated heterocycles. The molecular formula is C14H12Cl2N4O3. The number of aromatic amines is 1. The summed E-state index contributed by atoms with van der Waals surface area (Å²) in [5.74, 6) is -0.830. The van der Waals surface area contributed by atoms with Crippen molar-refractivity contribution < 1.29 is 9.59 Å². The van der Waals surface area contributed by atoms with E-state index in [4.69, 9.17) is 23.2 Å².